The Labute approximate surface area is 195 Å². The van der Waals surface area contributed by atoms with E-state index in [0.717, 1.165) is 27.2 Å². The van der Waals surface area contributed by atoms with Crippen molar-refractivity contribution in [3.63, 3.8) is 0 Å². The highest BCUT2D eigenvalue weighted by atomic mass is 19.1. The van der Waals surface area contributed by atoms with Crippen LogP contribution in [-0.2, 0) is 14.3 Å². The zero-order chi connectivity index (χ0) is 24.2. The summed E-state index contributed by atoms with van der Waals surface area (Å²) >= 11 is 0. The fourth-order valence-corrected chi connectivity index (χ4v) is 4.18. The average Bonchev–Trinajstić information content (AvgIpc) is 3.15. The Balaban J connectivity index is 1.45. The quantitative estimate of drug-likeness (QED) is 0.550. The number of fused-ring (bicyclic) bond motifs is 3. The van der Waals surface area contributed by atoms with E-state index in [1.165, 1.54) is 31.3 Å². The Hall–Kier alpha value is -4.20. The van der Waals surface area contributed by atoms with Crippen LogP contribution in [0.5, 0.6) is 0 Å². The molecule has 3 aromatic carbocycles. The molecule has 0 spiro atoms. The number of carbonyl (C=O) groups is 3. The van der Waals surface area contributed by atoms with E-state index in [9.17, 15) is 23.9 Å². The minimum atomic E-state index is -1.36. The van der Waals surface area contributed by atoms with Crippen molar-refractivity contribution in [1.82, 2.24) is 5.32 Å². The molecule has 4 rings (SSSR count). The van der Waals surface area contributed by atoms with E-state index in [-0.39, 0.29) is 12.5 Å². The second-order valence-electron chi connectivity index (χ2n) is 7.99. The monoisotopic (exact) mass is 462 g/mol. The number of nitrogens with one attached hydrogen (secondary N) is 1. The second-order valence-corrected chi connectivity index (χ2v) is 7.99. The number of likely N-dealkylation sites (N-methyl/N-ethyl adjacent to an activating group) is 1. The summed E-state index contributed by atoms with van der Waals surface area (Å²) in [4.78, 5) is 38.0. The van der Waals surface area contributed by atoms with Gasteiger partial charge in [-0.2, -0.15) is 0 Å². The number of carboxylic acid groups (broad SMARTS) is 1. The van der Waals surface area contributed by atoms with Gasteiger partial charge in [0.2, 0.25) is 5.91 Å². The summed E-state index contributed by atoms with van der Waals surface area (Å²) in [5.41, 5.74) is 4.58. The molecule has 0 aromatic heterocycles. The maximum absolute atomic E-state index is 13.2. The summed E-state index contributed by atoms with van der Waals surface area (Å²) in [6, 6.07) is 19.5. The molecule has 7 nitrogen and oxygen atoms in total. The summed E-state index contributed by atoms with van der Waals surface area (Å²) in [5.74, 6) is -2.57. The predicted molar refractivity (Wildman–Crippen MR) is 124 cm³/mol. The van der Waals surface area contributed by atoms with Crippen molar-refractivity contribution in [2.45, 2.75) is 18.4 Å². The number of rotatable bonds is 7. The van der Waals surface area contributed by atoms with Gasteiger partial charge in [-0.1, -0.05) is 48.5 Å². The smallest absolute Gasteiger partial charge is 0.407 e. The van der Waals surface area contributed by atoms with Gasteiger partial charge in [0.25, 0.3) is 0 Å². The lowest BCUT2D eigenvalue weighted by Gasteiger charge is -2.24. The number of ether oxygens (including phenoxy) is 1. The third kappa shape index (κ3) is 4.76. The van der Waals surface area contributed by atoms with Gasteiger partial charge in [-0.25, -0.2) is 9.18 Å². The number of carboxylic acids is 1. The number of carbonyl (C=O) groups excluding carboxylic acids is 2. The van der Waals surface area contributed by atoms with Gasteiger partial charge in [-0.05, 0) is 46.5 Å². The van der Waals surface area contributed by atoms with Crippen molar-refractivity contribution >= 4 is 23.7 Å². The minimum Gasteiger partial charge on any atom is -0.481 e. The maximum atomic E-state index is 13.2. The van der Waals surface area contributed by atoms with Crippen LogP contribution in [0.2, 0.25) is 0 Å². The van der Waals surface area contributed by atoms with Crippen LogP contribution in [0, 0.1) is 5.82 Å². The molecule has 0 radical (unpaired) electrons. The molecule has 0 aliphatic heterocycles. The molecule has 0 fully saturated rings. The molecule has 2 amide bonds. The highest BCUT2D eigenvalue weighted by Crippen LogP contribution is 2.44. The molecule has 0 saturated heterocycles. The van der Waals surface area contributed by atoms with E-state index in [1.807, 2.05) is 48.5 Å². The Morgan fingerprint density at radius 1 is 0.971 bits per heavy atom. The molecule has 0 saturated carbocycles. The van der Waals surface area contributed by atoms with Gasteiger partial charge in [-0.3, -0.25) is 9.59 Å². The number of anilines is 1. The van der Waals surface area contributed by atoms with Crippen LogP contribution >= 0.6 is 0 Å². The molecule has 1 unspecified atom stereocenters. The topological polar surface area (TPSA) is 95.9 Å². The number of amides is 2. The Kier molecular flexibility index (Phi) is 6.58. The Morgan fingerprint density at radius 2 is 1.53 bits per heavy atom. The van der Waals surface area contributed by atoms with Crippen LogP contribution < -0.4 is 10.2 Å². The molecule has 34 heavy (non-hydrogen) atoms. The highest BCUT2D eigenvalue weighted by molar-refractivity contribution is 6.00. The minimum absolute atomic E-state index is 0.0294. The summed E-state index contributed by atoms with van der Waals surface area (Å²) in [6.45, 7) is 0.0294. The number of halogens is 1. The highest BCUT2D eigenvalue weighted by Gasteiger charge is 2.31. The van der Waals surface area contributed by atoms with Crippen LogP contribution in [0.4, 0.5) is 14.9 Å². The SMILES string of the molecule is CN(C(=O)C(CC(=O)O)NC(=O)OCC1c2ccccc2-c2ccccc21)c1ccc(F)cc1. The van der Waals surface area contributed by atoms with Crippen LogP contribution in [0.1, 0.15) is 23.5 Å². The Bertz CT molecular complexity index is 1180. The molecule has 174 valence electrons. The van der Waals surface area contributed by atoms with E-state index in [1.54, 1.807) is 0 Å². The average molecular weight is 462 g/mol. The third-order valence-electron chi connectivity index (χ3n) is 5.86. The lowest BCUT2D eigenvalue weighted by Crippen LogP contribution is -2.48. The molecule has 2 N–H and O–H groups in total. The molecule has 0 bridgehead atoms. The van der Waals surface area contributed by atoms with E-state index >= 15 is 0 Å². The van der Waals surface area contributed by atoms with Gasteiger partial charge in [0, 0.05) is 18.7 Å². The van der Waals surface area contributed by atoms with Gasteiger partial charge in [0.05, 0.1) is 6.42 Å². The predicted octanol–water partition coefficient (Wildman–Crippen LogP) is 4.17. The molecule has 1 aliphatic carbocycles. The molecule has 8 heteroatoms. The number of hydrogen-bond donors (Lipinski definition) is 2. The first-order chi connectivity index (χ1) is 16.3. The van der Waals surface area contributed by atoms with Crippen LogP contribution in [0.25, 0.3) is 11.1 Å². The molecule has 3 aromatic rings. The van der Waals surface area contributed by atoms with Crippen LogP contribution in [0.15, 0.2) is 72.8 Å². The number of alkyl carbamates (subject to hydrolysis) is 1. The Morgan fingerprint density at radius 3 is 2.09 bits per heavy atom. The third-order valence-corrected chi connectivity index (χ3v) is 5.86. The molecule has 0 heterocycles. The largest absolute Gasteiger partial charge is 0.481 e. The molecular formula is C26H23FN2O5. The van der Waals surface area contributed by atoms with E-state index in [0.29, 0.717) is 5.69 Å². The van der Waals surface area contributed by atoms with Crippen molar-refractivity contribution in [2.75, 3.05) is 18.6 Å². The summed E-state index contributed by atoms with van der Waals surface area (Å²) in [6.07, 6.45) is -1.52. The molecule has 1 atom stereocenters. The lowest BCUT2D eigenvalue weighted by atomic mass is 9.98. The van der Waals surface area contributed by atoms with E-state index < -0.39 is 36.2 Å². The number of benzene rings is 3. The molecular weight excluding hydrogens is 439 g/mol. The fraction of sp³-hybridized carbons (Fsp3) is 0.192. The van der Waals surface area contributed by atoms with Crippen molar-refractivity contribution in [3.05, 3.63) is 89.7 Å². The zero-order valence-electron chi connectivity index (χ0n) is 18.4. The lowest BCUT2D eigenvalue weighted by molar-refractivity contribution is -0.139. The second kappa shape index (κ2) is 9.74. The van der Waals surface area contributed by atoms with Crippen LogP contribution in [0.3, 0.4) is 0 Å². The van der Waals surface area contributed by atoms with Crippen molar-refractivity contribution in [1.29, 1.82) is 0 Å². The number of hydrogen-bond acceptors (Lipinski definition) is 4. The molecule has 1 aliphatic rings. The maximum Gasteiger partial charge on any atom is 0.407 e. The number of nitrogens with zero attached hydrogens (tertiary/aromatic N) is 1. The number of aliphatic carboxylic acids is 1. The standard InChI is InChI=1S/C26H23FN2O5/c1-29(17-12-10-16(27)11-13-17)25(32)23(14-24(30)31)28-26(33)34-15-22-20-8-4-2-6-18(20)19-7-3-5-9-21(19)22/h2-13,22-23H,14-15H2,1H3,(H,28,33)(H,30,31). The van der Waals surface area contributed by atoms with E-state index in [2.05, 4.69) is 5.32 Å². The van der Waals surface area contributed by atoms with Crippen LogP contribution in [-0.4, -0.2) is 42.8 Å². The summed E-state index contributed by atoms with van der Waals surface area (Å²) in [5, 5.41) is 11.6. The van der Waals surface area contributed by atoms with Gasteiger partial charge in [0.15, 0.2) is 0 Å². The zero-order valence-corrected chi connectivity index (χ0v) is 18.4. The van der Waals surface area contributed by atoms with Gasteiger partial charge >= 0.3 is 12.1 Å². The fourth-order valence-electron chi connectivity index (χ4n) is 4.18. The first kappa shape index (κ1) is 23.0. The summed E-state index contributed by atoms with van der Waals surface area (Å²) < 4.78 is 18.6. The van der Waals surface area contributed by atoms with Crippen molar-refractivity contribution in [2.24, 2.45) is 0 Å². The van der Waals surface area contributed by atoms with Crippen molar-refractivity contribution < 1.29 is 28.6 Å². The van der Waals surface area contributed by atoms with Crippen molar-refractivity contribution in [3.8, 4) is 11.1 Å². The summed E-state index contributed by atoms with van der Waals surface area (Å²) in [7, 11) is 1.42. The van der Waals surface area contributed by atoms with Gasteiger partial charge < -0.3 is 20.1 Å². The normalized spacial score (nSPS) is 12.9. The first-order valence-electron chi connectivity index (χ1n) is 10.7. The first-order valence-corrected chi connectivity index (χ1v) is 10.7. The van der Waals surface area contributed by atoms with Gasteiger partial charge in [-0.15, -0.1) is 0 Å². The van der Waals surface area contributed by atoms with E-state index in [4.69, 9.17) is 4.74 Å². The van der Waals surface area contributed by atoms with Gasteiger partial charge in [0.1, 0.15) is 18.5 Å².